The van der Waals surface area contributed by atoms with Crippen molar-refractivity contribution in [1.82, 2.24) is 19.9 Å². The van der Waals surface area contributed by atoms with Crippen molar-refractivity contribution in [2.24, 2.45) is 0 Å². The molecule has 2 aromatic heterocycles. The van der Waals surface area contributed by atoms with Crippen LogP contribution in [-0.4, -0.2) is 33.5 Å². The number of aromatic nitrogens is 3. The van der Waals surface area contributed by atoms with Crippen LogP contribution >= 0.6 is 11.3 Å². The molecule has 1 atom stereocenters. The Kier molecular flexibility index (Phi) is 5.36. The number of carbonyl (C=O) groups is 1. The normalized spacial score (nSPS) is 15.1. The Morgan fingerprint density at radius 2 is 2.00 bits per heavy atom. The van der Waals surface area contributed by atoms with Gasteiger partial charge in [-0.2, -0.15) is 4.98 Å². The molecule has 0 aliphatic carbocycles. The third-order valence-electron chi connectivity index (χ3n) is 5.47. The first-order valence-electron chi connectivity index (χ1n) is 9.90. The van der Waals surface area contributed by atoms with Crippen molar-refractivity contribution in [1.29, 1.82) is 0 Å². The summed E-state index contributed by atoms with van der Waals surface area (Å²) in [5.41, 5.74) is 3.69. The maximum atomic E-state index is 12.8. The van der Waals surface area contributed by atoms with Crippen molar-refractivity contribution in [3.05, 3.63) is 51.6 Å². The molecule has 29 heavy (non-hydrogen) atoms. The summed E-state index contributed by atoms with van der Waals surface area (Å²) in [6.07, 6.45) is 3.71. The van der Waals surface area contributed by atoms with Crippen molar-refractivity contribution in [2.45, 2.75) is 46.2 Å². The number of thiazole rings is 1. The lowest BCUT2D eigenvalue weighted by Crippen LogP contribution is -2.33. The number of hydrogen-bond acceptors (Lipinski definition) is 6. The Morgan fingerprint density at radius 3 is 2.72 bits per heavy atom. The van der Waals surface area contributed by atoms with Gasteiger partial charge >= 0.3 is 0 Å². The van der Waals surface area contributed by atoms with Gasteiger partial charge in [0, 0.05) is 13.1 Å². The summed E-state index contributed by atoms with van der Waals surface area (Å²) in [6, 6.07) is 6.01. The molecule has 1 fully saturated rings. The molecule has 4 rings (SSSR count). The predicted octanol–water partition coefficient (Wildman–Crippen LogP) is 2.95. The molecule has 0 radical (unpaired) electrons. The van der Waals surface area contributed by atoms with Crippen LogP contribution in [0, 0.1) is 13.8 Å². The lowest BCUT2D eigenvalue weighted by Gasteiger charge is -2.16. The maximum absolute atomic E-state index is 12.8. The van der Waals surface area contributed by atoms with E-state index >= 15 is 0 Å². The van der Waals surface area contributed by atoms with Crippen molar-refractivity contribution < 1.29 is 4.79 Å². The van der Waals surface area contributed by atoms with Gasteiger partial charge in [-0.3, -0.25) is 14.2 Å². The summed E-state index contributed by atoms with van der Waals surface area (Å²) in [7, 11) is 0. The van der Waals surface area contributed by atoms with E-state index in [1.54, 1.807) is 0 Å². The lowest BCUT2D eigenvalue weighted by atomic mass is 10.0. The number of benzene rings is 1. The van der Waals surface area contributed by atoms with Gasteiger partial charge in [0.05, 0.1) is 6.04 Å². The van der Waals surface area contributed by atoms with E-state index in [1.807, 2.05) is 13.0 Å². The third-order valence-corrected chi connectivity index (χ3v) is 6.56. The van der Waals surface area contributed by atoms with Crippen molar-refractivity contribution in [3.8, 4) is 0 Å². The van der Waals surface area contributed by atoms with Crippen LogP contribution in [0.4, 0.5) is 5.13 Å². The number of hydrogen-bond donors (Lipinski definition) is 1. The van der Waals surface area contributed by atoms with Gasteiger partial charge in [-0.25, -0.2) is 4.98 Å². The van der Waals surface area contributed by atoms with Crippen molar-refractivity contribution in [3.63, 3.8) is 0 Å². The molecule has 0 spiro atoms. The number of nitrogens with zero attached hydrogens (tertiary/aromatic N) is 4. The highest BCUT2D eigenvalue weighted by Gasteiger charge is 2.19. The molecule has 8 heteroatoms. The zero-order valence-electron chi connectivity index (χ0n) is 16.9. The molecule has 0 bridgehead atoms. The highest BCUT2D eigenvalue weighted by atomic mass is 32.1. The second-order valence-corrected chi connectivity index (χ2v) is 8.63. The number of aryl methyl sites for hydroxylation is 2. The highest BCUT2D eigenvalue weighted by Crippen LogP contribution is 2.27. The van der Waals surface area contributed by atoms with Crippen LogP contribution in [0.25, 0.3) is 10.3 Å². The Morgan fingerprint density at radius 1 is 1.24 bits per heavy atom. The summed E-state index contributed by atoms with van der Waals surface area (Å²) in [4.78, 5) is 36.3. The minimum Gasteiger partial charge on any atom is -0.348 e. The number of amides is 1. The molecular formula is C21H25N5O2S. The van der Waals surface area contributed by atoms with Gasteiger partial charge in [-0.15, -0.1) is 0 Å². The van der Waals surface area contributed by atoms with E-state index in [0.717, 1.165) is 36.6 Å². The first kappa shape index (κ1) is 19.6. The predicted molar refractivity (Wildman–Crippen MR) is 116 cm³/mol. The molecule has 3 aromatic rings. The van der Waals surface area contributed by atoms with E-state index in [0.29, 0.717) is 10.3 Å². The van der Waals surface area contributed by atoms with Crippen molar-refractivity contribution >= 4 is 32.7 Å². The monoisotopic (exact) mass is 411 g/mol. The zero-order valence-corrected chi connectivity index (χ0v) is 17.8. The zero-order chi connectivity index (χ0) is 20.5. The molecule has 0 saturated carbocycles. The molecule has 7 nitrogen and oxygen atoms in total. The van der Waals surface area contributed by atoms with Crippen LogP contribution in [0.1, 0.15) is 42.5 Å². The van der Waals surface area contributed by atoms with E-state index < -0.39 is 0 Å². The van der Waals surface area contributed by atoms with Crippen LogP contribution in [0.2, 0.25) is 0 Å². The summed E-state index contributed by atoms with van der Waals surface area (Å²) in [5, 5.41) is 3.81. The fourth-order valence-corrected chi connectivity index (χ4v) is 4.57. The molecule has 1 saturated heterocycles. The maximum Gasteiger partial charge on any atom is 0.273 e. The molecule has 1 N–H and O–H groups in total. The van der Waals surface area contributed by atoms with E-state index in [1.165, 1.54) is 33.4 Å². The van der Waals surface area contributed by atoms with Gasteiger partial charge in [0.1, 0.15) is 17.6 Å². The number of carbonyl (C=O) groups excluding carboxylic acids is 1. The molecule has 1 amide bonds. The van der Waals surface area contributed by atoms with E-state index in [-0.39, 0.29) is 24.1 Å². The number of nitrogens with one attached hydrogen (secondary N) is 1. The highest BCUT2D eigenvalue weighted by molar-refractivity contribution is 7.22. The number of fused-ring (bicyclic) bond motifs is 1. The quantitative estimate of drug-likeness (QED) is 0.698. The Bertz CT molecular complexity index is 1110. The minimum absolute atomic E-state index is 0.0616. The SMILES string of the molecule is Cc1ccc([C@H](C)NC(=O)Cn2cnc3nc(N4CCCC4)sc3c2=O)cc1C. The molecule has 3 heterocycles. The van der Waals surface area contributed by atoms with E-state index in [4.69, 9.17) is 0 Å². The Hall–Kier alpha value is -2.74. The molecule has 152 valence electrons. The topological polar surface area (TPSA) is 80.1 Å². The van der Waals surface area contributed by atoms with E-state index in [2.05, 4.69) is 46.2 Å². The van der Waals surface area contributed by atoms with Gasteiger partial charge in [0.2, 0.25) is 5.91 Å². The third kappa shape index (κ3) is 4.03. The minimum atomic E-state index is -0.219. The van der Waals surface area contributed by atoms with Gasteiger partial charge in [-0.05, 0) is 50.3 Å². The lowest BCUT2D eigenvalue weighted by molar-refractivity contribution is -0.122. The fraction of sp³-hybridized carbons (Fsp3) is 0.429. The van der Waals surface area contributed by atoms with Crippen LogP contribution in [0.3, 0.4) is 0 Å². The molecular weight excluding hydrogens is 386 g/mol. The van der Waals surface area contributed by atoms with Crippen LogP contribution in [-0.2, 0) is 11.3 Å². The average molecular weight is 412 g/mol. The molecule has 1 aromatic carbocycles. The first-order valence-corrected chi connectivity index (χ1v) is 10.7. The van der Waals surface area contributed by atoms with Gasteiger partial charge < -0.3 is 10.2 Å². The smallest absolute Gasteiger partial charge is 0.273 e. The van der Waals surface area contributed by atoms with Crippen LogP contribution in [0.15, 0.2) is 29.3 Å². The van der Waals surface area contributed by atoms with Crippen molar-refractivity contribution in [2.75, 3.05) is 18.0 Å². The fourth-order valence-electron chi connectivity index (χ4n) is 3.55. The standard InChI is InChI=1S/C21H25N5O2S/c1-13-6-7-16(10-14(13)2)15(3)23-17(27)11-26-12-22-19-18(20(26)28)29-21(24-19)25-8-4-5-9-25/h6-7,10,12,15H,4-5,8-9,11H2,1-3H3,(H,23,27)/t15-/m0/s1. The summed E-state index contributed by atoms with van der Waals surface area (Å²) >= 11 is 1.36. The Labute approximate surface area is 173 Å². The summed E-state index contributed by atoms with van der Waals surface area (Å²) in [5.74, 6) is -0.219. The summed E-state index contributed by atoms with van der Waals surface area (Å²) in [6.45, 7) is 7.93. The van der Waals surface area contributed by atoms with Gasteiger partial charge in [0.25, 0.3) is 5.56 Å². The molecule has 0 unspecified atom stereocenters. The van der Waals surface area contributed by atoms with Gasteiger partial charge in [-0.1, -0.05) is 29.5 Å². The second-order valence-electron chi connectivity index (χ2n) is 7.65. The molecule has 1 aliphatic heterocycles. The Balaban J connectivity index is 1.49. The largest absolute Gasteiger partial charge is 0.348 e. The number of anilines is 1. The van der Waals surface area contributed by atoms with E-state index in [9.17, 15) is 9.59 Å². The number of rotatable bonds is 5. The first-order chi connectivity index (χ1) is 13.9. The second kappa shape index (κ2) is 7.94. The molecule has 1 aliphatic rings. The van der Waals surface area contributed by atoms with Crippen LogP contribution in [0.5, 0.6) is 0 Å². The summed E-state index contributed by atoms with van der Waals surface area (Å²) < 4.78 is 1.86. The van der Waals surface area contributed by atoms with Crippen LogP contribution < -0.4 is 15.8 Å². The average Bonchev–Trinajstić information content (AvgIpc) is 3.36. The van der Waals surface area contributed by atoms with Gasteiger partial charge in [0.15, 0.2) is 10.8 Å².